The van der Waals surface area contributed by atoms with Gasteiger partial charge in [0.25, 0.3) is 0 Å². The zero-order valence-electron chi connectivity index (χ0n) is 7.94. The summed E-state index contributed by atoms with van der Waals surface area (Å²) in [5.41, 5.74) is 4.07. The third kappa shape index (κ3) is 1.89. The Morgan fingerprint density at radius 3 is 2.25 bits per heavy atom. The van der Waals surface area contributed by atoms with E-state index in [1.807, 2.05) is 6.92 Å². The van der Waals surface area contributed by atoms with Crippen molar-refractivity contribution in [3.05, 3.63) is 34.9 Å². The van der Waals surface area contributed by atoms with Crippen molar-refractivity contribution in [2.24, 2.45) is 0 Å². The van der Waals surface area contributed by atoms with Crippen molar-refractivity contribution in [1.82, 2.24) is 0 Å². The summed E-state index contributed by atoms with van der Waals surface area (Å²) in [5.74, 6) is 6.02. The Hall–Kier alpha value is -1.22. The van der Waals surface area contributed by atoms with Crippen LogP contribution in [-0.4, -0.2) is 0 Å². The molecule has 0 nitrogen and oxygen atoms in total. The van der Waals surface area contributed by atoms with Gasteiger partial charge in [-0.3, -0.25) is 0 Å². The van der Waals surface area contributed by atoms with Crippen LogP contribution in [0.3, 0.4) is 0 Å². The van der Waals surface area contributed by atoms with Crippen LogP contribution in [0.1, 0.15) is 23.6 Å². The zero-order chi connectivity index (χ0) is 8.97. The highest BCUT2D eigenvalue weighted by molar-refractivity contribution is 5.36. The molecule has 12 heavy (non-hydrogen) atoms. The van der Waals surface area contributed by atoms with E-state index in [2.05, 4.69) is 43.9 Å². The molecule has 1 aromatic rings. The molecular weight excluding hydrogens is 144 g/mol. The molecule has 0 aromatic heterocycles. The van der Waals surface area contributed by atoms with E-state index in [-0.39, 0.29) is 0 Å². The number of hydrogen-bond donors (Lipinski definition) is 0. The fraction of sp³-hybridized carbons (Fsp3) is 0.333. The van der Waals surface area contributed by atoms with Crippen LogP contribution in [-0.2, 0) is 6.42 Å². The summed E-state index contributed by atoms with van der Waals surface area (Å²) in [6.07, 6.45) is 0.884. The Kier molecular flexibility index (Phi) is 2.94. The topological polar surface area (TPSA) is 0 Å². The summed E-state index contributed by atoms with van der Waals surface area (Å²) in [4.78, 5) is 0. The summed E-state index contributed by atoms with van der Waals surface area (Å²) >= 11 is 0. The van der Waals surface area contributed by atoms with Crippen molar-refractivity contribution in [1.29, 1.82) is 0 Å². The Morgan fingerprint density at radius 1 is 1.17 bits per heavy atom. The highest BCUT2D eigenvalue weighted by Crippen LogP contribution is 2.12. The summed E-state index contributed by atoms with van der Waals surface area (Å²) in [6.45, 7) is 6.16. The van der Waals surface area contributed by atoms with Crippen LogP contribution in [0.15, 0.2) is 18.2 Å². The normalized spacial score (nSPS) is 8.92. The molecule has 0 aliphatic carbocycles. The Balaban J connectivity index is 3.01. The minimum Gasteiger partial charge on any atom is -0.106 e. The highest BCUT2D eigenvalue weighted by atomic mass is 14.0. The molecule has 1 rings (SSSR count). The van der Waals surface area contributed by atoms with Crippen LogP contribution in [0, 0.1) is 25.7 Å². The van der Waals surface area contributed by atoms with Gasteiger partial charge in [0.1, 0.15) is 0 Å². The van der Waals surface area contributed by atoms with E-state index in [4.69, 9.17) is 0 Å². The molecule has 0 aliphatic heterocycles. The Morgan fingerprint density at radius 2 is 1.75 bits per heavy atom. The van der Waals surface area contributed by atoms with Gasteiger partial charge in [-0.2, -0.15) is 0 Å². The second kappa shape index (κ2) is 3.97. The van der Waals surface area contributed by atoms with Gasteiger partial charge in [0, 0.05) is 6.42 Å². The molecule has 0 bridgehead atoms. The molecule has 0 saturated carbocycles. The fourth-order valence-electron chi connectivity index (χ4n) is 1.30. The average Bonchev–Trinajstić information content (AvgIpc) is 2.04. The first-order valence-corrected chi connectivity index (χ1v) is 4.20. The van der Waals surface area contributed by atoms with Gasteiger partial charge in [0.15, 0.2) is 0 Å². The van der Waals surface area contributed by atoms with Crippen molar-refractivity contribution in [2.45, 2.75) is 27.2 Å². The molecule has 0 N–H and O–H groups in total. The van der Waals surface area contributed by atoms with Gasteiger partial charge in [-0.25, -0.2) is 0 Å². The van der Waals surface area contributed by atoms with E-state index < -0.39 is 0 Å². The quantitative estimate of drug-likeness (QED) is 0.551. The molecule has 1 aromatic carbocycles. The lowest BCUT2D eigenvalue weighted by Crippen LogP contribution is -1.90. The van der Waals surface area contributed by atoms with Gasteiger partial charge < -0.3 is 0 Å². The fourth-order valence-corrected chi connectivity index (χ4v) is 1.30. The number of hydrogen-bond acceptors (Lipinski definition) is 0. The van der Waals surface area contributed by atoms with Crippen LogP contribution < -0.4 is 0 Å². The van der Waals surface area contributed by atoms with E-state index >= 15 is 0 Å². The van der Waals surface area contributed by atoms with Gasteiger partial charge in [-0.1, -0.05) is 24.1 Å². The van der Waals surface area contributed by atoms with E-state index in [1.165, 1.54) is 16.7 Å². The largest absolute Gasteiger partial charge is 0.106 e. The molecule has 0 heteroatoms. The van der Waals surface area contributed by atoms with Crippen LogP contribution in [0.25, 0.3) is 0 Å². The number of aryl methyl sites for hydroxylation is 2. The minimum absolute atomic E-state index is 0.884. The van der Waals surface area contributed by atoms with Gasteiger partial charge in [-0.15, -0.1) is 5.92 Å². The van der Waals surface area contributed by atoms with E-state index in [0.29, 0.717) is 0 Å². The van der Waals surface area contributed by atoms with E-state index in [1.54, 1.807) is 0 Å². The lowest BCUT2D eigenvalue weighted by Gasteiger charge is -2.04. The van der Waals surface area contributed by atoms with Crippen molar-refractivity contribution >= 4 is 0 Å². The van der Waals surface area contributed by atoms with Crippen LogP contribution in [0.2, 0.25) is 0 Å². The zero-order valence-corrected chi connectivity index (χ0v) is 7.94. The Labute approximate surface area is 74.6 Å². The maximum atomic E-state index is 3.10. The van der Waals surface area contributed by atoms with Gasteiger partial charge in [0.05, 0.1) is 0 Å². The summed E-state index contributed by atoms with van der Waals surface area (Å²) < 4.78 is 0. The van der Waals surface area contributed by atoms with Gasteiger partial charge >= 0.3 is 0 Å². The first-order valence-electron chi connectivity index (χ1n) is 4.20. The number of rotatable bonds is 1. The maximum Gasteiger partial charge on any atom is 0.0345 e. The highest BCUT2D eigenvalue weighted by Gasteiger charge is 1.98. The van der Waals surface area contributed by atoms with Gasteiger partial charge in [0.2, 0.25) is 0 Å². The van der Waals surface area contributed by atoms with Crippen molar-refractivity contribution in [2.75, 3.05) is 0 Å². The van der Waals surface area contributed by atoms with Crippen molar-refractivity contribution in [3.8, 4) is 11.8 Å². The maximum absolute atomic E-state index is 3.10. The van der Waals surface area contributed by atoms with Crippen LogP contribution in [0.5, 0.6) is 0 Å². The van der Waals surface area contributed by atoms with E-state index in [0.717, 1.165) is 6.42 Å². The SMILES string of the molecule is CC#CCc1c(C)cccc1C. The summed E-state index contributed by atoms with van der Waals surface area (Å²) in [6, 6.07) is 6.37. The molecule has 0 saturated heterocycles. The predicted octanol–water partition coefficient (Wildman–Crippen LogP) is 2.87. The minimum atomic E-state index is 0.884. The third-order valence-corrected chi connectivity index (χ3v) is 2.09. The first-order chi connectivity index (χ1) is 5.75. The second-order valence-corrected chi connectivity index (χ2v) is 2.97. The monoisotopic (exact) mass is 158 g/mol. The second-order valence-electron chi connectivity index (χ2n) is 2.97. The molecule has 0 fully saturated rings. The Bertz CT molecular complexity index is 303. The van der Waals surface area contributed by atoms with Crippen molar-refractivity contribution < 1.29 is 0 Å². The van der Waals surface area contributed by atoms with Crippen molar-refractivity contribution in [3.63, 3.8) is 0 Å². The molecule has 0 aliphatic rings. The summed E-state index contributed by atoms with van der Waals surface area (Å²) in [7, 11) is 0. The number of benzene rings is 1. The van der Waals surface area contributed by atoms with Crippen LogP contribution >= 0.6 is 0 Å². The van der Waals surface area contributed by atoms with Crippen LogP contribution in [0.4, 0.5) is 0 Å². The lowest BCUT2D eigenvalue weighted by atomic mass is 10.0. The summed E-state index contributed by atoms with van der Waals surface area (Å²) in [5, 5.41) is 0. The molecule has 62 valence electrons. The lowest BCUT2D eigenvalue weighted by molar-refractivity contribution is 1.19. The molecule has 0 radical (unpaired) electrons. The third-order valence-electron chi connectivity index (χ3n) is 2.09. The molecular formula is C12H14. The standard InChI is InChI=1S/C12H14/c1-4-5-9-12-10(2)7-6-8-11(12)3/h6-8H,9H2,1-3H3. The molecule has 0 atom stereocenters. The smallest absolute Gasteiger partial charge is 0.0345 e. The average molecular weight is 158 g/mol. The van der Waals surface area contributed by atoms with E-state index in [9.17, 15) is 0 Å². The first kappa shape index (κ1) is 8.87. The molecule has 0 spiro atoms. The molecule has 0 heterocycles. The van der Waals surface area contributed by atoms with Gasteiger partial charge in [-0.05, 0) is 37.5 Å². The predicted molar refractivity (Wildman–Crippen MR) is 53.1 cm³/mol. The molecule has 0 unspecified atom stereocenters. The molecule has 0 amide bonds.